The molecule has 10 heteroatoms. The first-order valence-electron chi connectivity index (χ1n) is 12.8. The minimum atomic E-state index is -0.0932. The second-order valence-electron chi connectivity index (χ2n) is 8.88. The van der Waals surface area contributed by atoms with Gasteiger partial charge in [-0.3, -0.25) is 4.79 Å². The SMILES string of the molecule is O=C(NCCOCCOCCNc1nc(NC2CCCC2)nc(N2CCCC2)n1)c1ccccc1. The van der Waals surface area contributed by atoms with Crippen LogP contribution in [0, 0.1) is 0 Å². The number of hydrogen-bond acceptors (Lipinski definition) is 9. The van der Waals surface area contributed by atoms with Gasteiger partial charge in [-0.1, -0.05) is 31.0 Å². The smallest absolute Gasteiger partial charge is 0.251 e. The average molecular weight is 484 g/mol. The number of ether oxygens (including phenoxy) is 2. The van der Waals surface area contributed by atoms with Crippen molar-refractivity contribution in [3.63, 3.8) is 0 Å². The van der Waals surface area contributed by atoms with E-state index in [-0.39, 0.29) is 5.91 Å². The van der Waals surface area contributed by atoms with Gasteiger partial charge in [0.25, 0.3) is 5.91 Å². The Morgan fingerprint density at radius 3 is 2.29 bits per heavy atom. The predicted octanol–water partition coefficient (Wildman–Crippen LogP) is 2.70. The molecule has 0 bridgehead atoms. The van der Waals surface area contributed by atoms with Crippen LogP contribution in [0.3, 0.4) is 0 Å². The van der Waals surface area contributed by atoms with Gasteiger partial charge < -0.3 is 30.3 Å². The van der Waals surface area contributed by atoms with E-state index in [0.29, 0.717) is 63.0 Å². The van der Waals surface area contributed by atoms with Crippen LogP contribution in [0.5, 0.6) is 0 Å². The largest absolute Gasteiger partial charge is 0.377 e. The Balaban J connectivity index is 1.11. The van der Waals surface area contributed by atoms with Crippen LogP contribution in [0.1, 0.15) is 48.9 Å². The third-order valence-electron chi connectivity index (χ3n) is 6.17. The number of rotatable bonds is 14. The number of anilines is 3. The molecule has 1 aliphatic heterocycles. The molecule has 1 amide bonds. The van der Waals surface area contributed by atoms with Crippen LogP contribution in [0.2, 0.25) is 0 Å². The molecular weight excluding hydrogens is 446 g/mol. The Bertz CT molecular complexity index is 903. The summed E-state index contributed by atoms with van der Waals surface area (Å²) in [4.78, 5) is 28.1. The van der Waals surface area contributed by atoms with Crippen molar-refractivity contribution in [2.45, 2.75) is 44.6 Å². The zero-order valence-corrected chi connectivity index (χ0v) is 20.4. The van der Waals surface area contributed by atoms with Gasteiger partial charge in [-0.25, -0.2) is 0 Å². The van der Waals surface area contributed by atoms with Crippen molar-refractivity contribution in [3.8, 4) is 0 Å². The van der Waals surface area contributed by atoms with Crippen LogP contribution in [-0.4, -0.2) is 79.5 Å². The fraction of sp³-hybridized carbons (Fsp3) is 0.600. The molecule has 2 heterocycles. The quantitative estimate of drug-likeness (QED) is 0.349. The van der Waals surface area contributed by atoms with Crippen LogP contribution in [0.25, 0.3) is 0 Å². The van der Waals surface area contributed by atoms with Crippen molar-refractivity contribution < 1.29 is 14.3 Å². The molecule has 1 aromatic heterocycles. The van der Waals surface area contributed by atoms with Gasteiger partial charge in [-0.15, -0.1) is 0 Å². The highest BCUT2D eigenvalue weighted by Gasteiger charge is 2.20. The minimum absolute atomic E-state index is 0.0932. The maximum Gasteiger partial charge on any atom is 0.251 e. The van der Waals surface area contributed by atoms with E-state index in [2.05, 4.69) is 35.8 Å². The number of hydrogen-bond donors (Lipinski definition) is 3. The van der Waals surface area contributed by atoms with Gasteiger partial charge in [0.2, 0.25) is 17.8 Å². The Morgan fingerprint density at radius 2 is 1.54 bits per heavy atom. The van der Waals surface area contributed by atoms with E-state index in [9.17, 15) is 4.79 Å². The fourth-order valence-corrected chi connectivity index (χ4v) is 4.30. The van der Waals surface area contributed by atoms with Crippen molar-refractivity contribution in [3.05, 3.63) is 35.9 Å². The molecule has 1 aliphatic carbocycles. The van der Waals surface area contributed by atoms with Gasteiger partial charge in [-0.2, -0.15) is 15.0 Å². The average Bonchev–Trinajstić information content (AvgIpc) is 3.60. The molecule has 0 atom stereocenters. The number of benzene rings is 1. The van der Waals surface area contributed by atoms with Crippen LogP contribution in [0.15, 0.2) is 30.3 Å². The van der Waals surface area contributed by atoms with E-state index in [4.69, 9.17) is 9.47 Å². The van der Waals surface area contributed by atoms with E-state index >= 15 is 0 Å². The predicted molar refractivity (Wildman–Crippen MR) is 136 cm³/mol. The zero-order valence-electron chi connectivity index (χ0n) is 20.4. The van der Waals surface area contributed by atoms with Gasteiger partial charge in [0, 0.05) is 37.8 Å². The molecule has 190 valence electrons. The normalized spacial score (nSPS) is 15.9. The Hall–Kier alpha value is -2.98. The van der Waals surface area contributed by atoms with Crippen molar-refractivity contribution in [2.75, 3.05) is 68.1 Å². The maximum absolute atomic E-state index is 12.0. The summed E-state index contributed by atoms with van der Waals surface area (Å²) in [5.41, 5.74) is 0.649. The fourth-order valence-electron chi connectivity index (χ4n) is 4.30. The molecular formula is C25H37N7O3. The Labute approximate surface area is 207 Å². The summed E-state index contributed by atoms with van der Waals surface area (Å²) in [6.07, 6.45) is 7.21. The molecule has 1 aromatic carbocycles. The third kappa shape index (κ3) is 8.32. The van der Waals surface area contributed by atoms with Gasteiger partial charge >= 0.3 is 0 Å². The molecule has 4 rings (SSSR count). The number of aromatic nitrogens is 3. The lowest BCUT2D eigenvalue weighted by Crippen LogP contribution is -2.27. The van der Waals surface area contributed by atoms with Crippen molar-refractivity contribution >= 4 is 23.8 Å². The molecule has 2 aliphatic rings. The van der Waals surface area contributed by atoms with Gasteiger partial charge in [0.1, 0.15) is 0 Å². The summed E-state index contributed by atoms with van der Waals surface area (Å²) >= 11 is 0. The number of nitrogens with one attached hydrogen (secondary N) is 3. The highest BCUT2D eigenvalue weighted by atomic mass is 16.5. The van der Waals surface area contributed by atoms with Crippen molar-refractivity contribution in [2.24, 2.45) is 0 Å². The minimum Gasteiger partial charge on any atom is -0.377 e. The van der Waals surface area contributed by atoms with E-state index in [1.807, 2.05) is 18.2 Å². The first-order chi connectivity index (χ1) is 17.3. The zero-order chi connectivity index (χ0) is 24.1. The van der Waals surface area contributed by atoms with Crippen LogP contribution in [0.4, 0.5) is 17.8 Å². The summed E-state index contributed by atoms with van der Waals surface area (Å²) < 4.78 is 11.2. The maximum atomic E-state index is 12.0. The van der Waals surface area contributed by atoms with Crippen molar-refractivity contribution in [1.82, 2.24) is 20.3 Å². The Kier molecular flexibility index (Phi) is 9.90. The summed E-state index contributed by atoms with van der Waals surface area (Å²) in [5, 5.41) is 9.60. The molecule has 3 N–H and O–H groups in total. The number of carbonyl (C=O) groups excluding carboxylic acids is 1. The van der Waals surface area contributed by atoms with E-state index in [1.54, 1.807) is 12.1 Å². The lowest BCUT2D eigenvalue weighted by atomic mass is 10.2. The second kappa shape index (κ2) is 13.8. The molecule has 1 saturated carbocycles. The summed E-state index contributed by atoms with van der Waals surface area (Å²) in [6, 6.07) is 9.60. The molecule has 35 heavy (non-hydrogen) atoms. The number of amides is 1. The summed E-state index contributed by atoms with van der Waals surface area (Å²) in [6.45, 7) is 4.97. The summed E-state index contributed by atoms with van der Waals surface area (Å²) in [5.74, 6) is 1.89. The first-order valence-corrected chi connectivity index (χ1v) is 12.8. The first kappa shape index (κ1) is 25.1. The standard InChI is InChI=1S/C25H37N7O3/c33-22(20-8-2-1-3-9-20)26-12-16-34-18-19-35-17-13-27-23-29-24(28-21-10-4-5-11-21)31-25(30-23)32-14-6-7-15-32/h1-3,8-9,21H,4-7,10-19H2,(H,26,33)(H2,27,28,29,30,31). The lowest BCUT2D eigenvalue weighted by molar-refractivity contribution is 0.0519. The number of carbonyl (C=O) groups is 1. The Morgan fingerprint density at radius 1 is 0.857 bits per heavy atom. The van der Waals surface area contributed by atoms with Crippen molar-refractivity contribution in [1.29, 1.82) is 0 Å². The molecule has 10 nitrogen and oxygen atoms in total. The lowest BCUT2D eigenvalue weighted by Gasteiger charge is -2.18. The highest BCUT2D eigenvalue weighted by molar-refractivity contribution is 5.94. The van der Waals surface area contributed by atoms with Gasteiger partial charge in [0.05, 0.1) is 26.4 Å². The van der Waals surface area contributed by atoms with Gasteiger partial charge in [-0.05, 0) is 37.8 Å². The van der Waals surface area contributed by atoms with E-state index in [1.165, 1.54) is 38.5 Å². The monoisotopic (exact) mass is 483 g/mol. The topological polar surface area (TPSA) is 114 Å². The third-order valence-corrected chi connectivity index (χ3v) is 6.17. The number of nitrogens with zero attached hydrogens (tertiary/aromatic N) is 4. The molecule has 0 unspecified atom stereocenters. The van der Waals surface area contributed by atoms with Crippen LogP contribution in [-0.2, 0) is 9.47 Å². The molecule has 2 fully saturated rings. The van der Waals surface area contributed by atoms with E-state index in [0.717, 1.165) is 19.0 Å². The highest BCUT2D eigenvalue weighted by Crippen LogP contribution is 2.23. The van der Waals surface area contributed by atoms with Gasteiger partial charge in [0.15, 0.2) is 0 Å². The molecule has 2 aromatic rings. The van der Waals surface area contributed by atoms with E-state index < -0.39 is 0 Å². The molecule has 1 saturated heterocycles. The van der Waals surface area contributed by atoms with Crippen LogP contribution < -0.4 is 20.9 Å². The molecule has 0 spiro atoms. The van der Waals surface area contributed by atoms with Crippen LogP contribution >= 0.6 is 0 Å². The second-order valence-corrected chi connectivity index (χ2v) is 8.88. The summed E-state index contributed by atoms with van der Waals surface area (Å²) in [7, 11) is 0. The molecule has 0 radical (unpaired) electrons.